The number of aromatic nitrogens is 2. The summed E-state index contributed by atoms with van der Waals surface area (Å²) < 4.78 is 15.2. The van der Waals surface area contributed by atoms with Crippen LogP contribution in [0.25, 0.3) is 27.6 Å². The van der Waals surface area contributed by atoms with Crippen molar-refractivity contribution < 1.29 is 30.5 Å². The first-order chi connectivity index (χ1) is 22.3. The first-order valence-corrected chi connectivity index (χ1v) is 14.8. The number of fused-ring (bicyclic) bond motifs is 6. The third kappa shape index (κ3) is 4.75. The van der Waals surface area contributed by atoms with Crippen molar-refractivity contribution in [2.24, 2.45) is 0 Å². The van der Waals surface area contributed by atoms with Gasteiger partial charge in [-0.25, -0.2) is 4.98 Å². The minimum atomic E-state index is -0.270. The maximum absolute atomic E-state index is 6.62. The summed E-state index contributed by atoms with van der Waals surface area (Å²) in [5, 5.41) is 2.22. The Morgan fingerprint density at radius 1 is 0.717 bits per heavy atom. The van der Waals surface area contributed by atoms with E-state index in [1.807, 2.05) is 78.9 Å². The minimum absolute atomic E-state index is 0. The summed E-state index contributed by atoms with van der Waals surface area (Å²) in [6.07, 6.45) is 3.93. The van der Waals surface area contributed by atoms with Gasteiger partial charge < -0.3 is 23.8 Å². The Bertz CT molecular complexity index is 2220. The fourth-order valence-electron chi connectivity index (χ4n) is 6.17. The number of ether oxygens (including phenoxy) is 1. The fraction of sp³-hybridized carbons (Fsp3) is 0. The van der Waals surface area contributed by atoms with Crippen LogP contribution in [0.15, 0.2) is 145 Å². The molecule has 0 amide bonds. The van der Waals surface area contributed by atoms with Crippen LogP contribution in [0.3, 0.4) is 0 Å². The molecule has 0 fully saturated rings. The van der Waals surface area contributed by atoms with Gasteiger partial charge in [-0.05, 0) is 47.4 Å². The number of rotatable bonds is 5. The van der Waals surface area contributed by atoms with Crippen LogP contribution in [0, 0.1) is 18.8 Å². The number of hydrogen-bond acceptors (Lipinski definition) is 5. The third-order valence-electron chi connectivity index (χ3n) is 8.22. The van der Waals surface area contributed by atoms with Crippen LogP contribution in [-0.2, 0) is 21.1 Å². The Labute approximate surface area is 281 Å². The molecule has 8 heteroatoms. The normalized spacial score (nSPS) is 13.6. The molecule has 0 saturated heterocycles. The van der Waals surface area contributed by atoms with Gasteiger partial charge >= 0.3 is 6.92 Å². The van der Waals surface area contributed by atoms with E-state index in [1.54, 1.807) is 6.20 Å². The molecule has 9 rings (SSSR count). The third-order valence-corrected chi connectivity index (χ3v) is 8.22. The van der Waals surface area contributed by atoms with Crippen LogP contribution in [0.1, 0.15) is 0 Å². The topological polar surface area (TPSA) is 42.8 Å². The second-order valence-electron chi connectivity index (χ2n) is 11.0. The molecular weight excluding hydrogens is 750 g/mol. The van der Waals surface area contributed by atoms with Gasteiger partial charge in [-0.2, -0.15) is 6.07 Å². The molecule has 6 nitrogen and oxygen atoms in total. The first kappa shape index (κ1) is 28.2. The Balaban J connectivity index is 0.00000312. The minimum Gasteiger partial charge on any atom is -0.612 e. The van der Waals surface area contributed by atoms with E-state index in [1.165, 1.54) is 0 Å². The van der Waals surface area contributed by atoms with E-state index in [2.05, 4.69) is 92.9 Å². The molecule has 2 aliphatic rings. The summed E-state index contributed by atoms with van der Waals surface area (Å²) in [6, 6.07) is 49.7. The predicted octanol–water partition coefficient (Wildman–Crippen LogP) is 7.69. The molecule has 7 aromatic rings. The maximum Gasteiger partial charge on any atom is 0.430 e. The molecule has 0 bridgehead atoms. The van der Waals surface area contributed by atoms with Crippen molar-refractivity contribution in [3.8, 4) is 23.1 Å². The summed E-state index contributed by atoms with van der Waals surface area (Å²) in [5.41, 5.74) is 5.89. The van der Waals surface area contributed by atoms with E-state index < -0.39 is 0 Å². The Kier molecular flexibility index (Phi) is 7.11. The molecule has 2 aliphatic heterocycles. The monoisotopic (exact) mass is 774 g/mol. The van der Waals surface area contributed by atoms with Gasteiger partial charge in [0.05, 0.1) is 0 Å². The van der Waals surface area contributed by atoms with Gasteiger partial charge in [0.15, 0.2) is 0 Å². The number of anilines is 2. The van der Waals surface area contributed by atoms with E-state index in [9.17, 15) is 0 Å². The van der Waals surface area contributed by atoms with Crippen LogP contribution < -0.4 is 24.7 Å². The molecule has 0 atom stereocenters. The number of benzene rings is 5. The van der Waals surface area contributed by atoms with Crippen LogP contribution >= 0.6 is 0 Å². The smallest absolute Gasteiger partial charge is 0.430 e. The van der Waals surface area contributed by atoms with E-state index >= 15 is 0 Å². The van der Waals surface area contributed by atoms with E-state index in [-0.39, 0.29) is 28.0 Å². The average molecular weight is 775 g/mol. The molecule has 0 spiro atoms. The van der Waals surface area contributed by atoms with E-state index in [4.69, 9.17) is 9.39 Å². The zero-order valence-corrected chi connectivity index (χ0v) is 26.6. The second kappa shape index (κ2) is 11.6. The van der Waals surface area contributed by atoms with Gasteiger partial charge in [0.25, 0.3) is 0 Å². The molecular formula is C38H24BN4O2Pt-3. The molecule has 4 heterocycles. The number of pyridine rings is 1. The molecule has 2 aromatic heterocycles. The number of para-hydroxylation sites is 2. The molecule has 0 N–H and O–H groups in total. The van der Waals surface area contributed by atoms with Crippen molar-refractivity contribution in [1.82, 2.24) is 9.55 Å². The fourth-order valence-corrected chi connectivity index (χ4v) is 6.17. The van der Waals surface area contributed by atoms with Crippen LogP contribution in [0.4, 0.5) is 11.4 Å². The van der Waals surface area contributed by atoms with Crippen molar-refractivity contribution in [2.75, 3.05) is 9.80 Å². The summed E-state index contributed by atoms with van der Waals surface area (Å²) >= 11 is 0. The number of hydrogen-bond donors (Lipinski definition) is 0. The second-order valence-corrected chi connectivity index (χ2v) is 11.0. The van der Waals surface area contributed by atoms with Gasteiger partial charge in [0.1, 0.15) is 5.82 Å². The van der Waals surface area contributed by atoms with Crippen molar-refractivity contribution in [3.05, 3.63) is 164 Å². The summed E-state index contributed by atoms with van der Waals surface area (Å²) in [4.78, 5) is 8.89. The largest absolute Gasteiger partial charge is 0.612 e. The SMILES string of the molecule is [Pt].[c-]1c(Oc2[c-]c3c(cc2)c2ccccc2n3-c2ccccn2)ccc2c1N1[CH-]N(c3ccccc3)C=C1B(c1ccccc1)O2. The van der Waals surface area contributed by atoms with Gasteiger partial charge in [0, 0.05) is 61.3 Å². The average Bonchev–Trinajstić information content (AvgIpc) is 3.70. The Morgan fingerprint density at radius 2 is 1.46 bits per heavy atom. The standard InChI is InChI=1S/C38H24BN4O2.Pt/c1-3-11-27(12-4-1)39-37-25-41(28-13-5-2-6-14-28)26-42(37)35-24-30(19-21-36(35)45-39)44-29-18-20-32-31-15-7-8-16-33(31)43(34(32)23-29)38-17-9-10-22-40-38;/h1-22,25-26H;/q-3;. The summed E-state index contributed by atoms with van der Waals surface area (Å²) in [7, 11) is 0. The maximum atomic E-state index is 6.62. The molecule has 46 heavy (non-hydrogen) atoms. The van der Waals surface area contributed by atoms with Gasteiger partial charge in [-0.3, -0.25) is 0 Å². The van der Waals surface area contributed by atoms with Crippen LogP contribution in [0.5, 0.6) is 17.2 Å². The first-order valence-electron chi connectivity index (χ1n) is 14.8. The predicted molar refractivity (Wildman–Crippen MR) is 179 cm³/mol. The Hall–Kier alpha value is -5.26. The van der Waals surface area contributed by atoms with Gasteiger partial charge in [-0.15, -0.1) is 42.4 Å². The zero-order chi connectivity index (χ0) is 29.7. The van der Waals surface area contributed by atoms with Crippen molar-refractivity contribution in [1.29, 1.82) is 0 Å². The molecule has 0 aliphatic carbocycles. The van der Waals surface area contributed by atoms with E-state index in [0.717, 1.165) is 55.8 Å². The van der Waals surface area contributed by atoms with E-state index in [0.29, 0.717) is 11.5 Å². The molecule has 224 valence electrons. The Morgan fingerprint density at radius 3 is 2.28 bits per heavy atom. The van der Waals surface area contributed by atoms with Gasteiger partial charge in [0.2, 0.25) is 0 Å². The summed E-state index contributed by atoms with van der Waals surface area (Å²) in [5.74, 6) is 2.71. The summed E-state index contributed by atoms with van der Waals surface area (Å²) in [6.45, 7) is 1.80. The number of nitrogens with zero attached hydrogens (tertiary/aromatic N) is 4. The van der Waals surface area contributed by atoms with Crippen molar-refractivity contribution in [2.45, 2.75) is 0 Å². The molecule has 0 saturated carbocycles. The van der Waals surface area contributed by atoms with Crippen molar-refractivity contribution in [3.63, 3.8) is 0 Å². The van der Waals surface area contributed by atoms with Gasteiger partial charge in [-0.1, -0.05) is 84.0 Å². The van der Waals surface area contributed by atoms with Crippen molar-refractivity contribution >= 4 is 45.6 Å². The zero-order valence-electron chi connectivity index (χ0n) is 24.4. The molecule has 0 radical (unpaired) electrons. The molecule has 0 unspecified atom stereocenters. The van der Waals surface area contributed by atoms with Crippen LogP contribution in [-0.4, -0.2) is 16.5 Å². The van der Waals surface area contributed by atoms with Crippen LogP contribution in [0.2, 0.25) is 0 Å². The molecule has 5 aromatic carbocycles. The quantitative estimate of drug-likeness (QED) is 0.133.